The van der Waals surface area contributed by atoms with Crippen molar-refractivity contribution in [3.05, 3.63) is 33.3 Å². The van der Waals surface area contributed by atoms with E-state index in [1.807, 2.05) is 11.0 Å². The molecule has 0 aliphatic carbocycles. The van der Waals surface area contributed by atoms with Crippen LogP contribution in [0.2, 0.25) is 5.02 Å². The molecule has 0 radical (unpaired) electrons. The molecule has 1 aromatic rings. The first kappa shape index (κ1) is 11.9. The number of carbonyl (C=O) groups is 1. The van der Waals surface area contributed by atoms with Crippen LogP contribution in [0.4, 0.5) is 0 Å². The highest BCUT2D eigenvalue weighted by Gasteiger charge is 2.20. The lowest BCUT2D eigenvalue weighted by Crippen LogP contribution is -2.46. The number of carbonyl (C=O) groups excluding carboxylic acids is 1. The van der Waals surface area contributed by atoms with Crippen LogP contribution in [0.1, 0.15) is 10.4 Å². The van der Waals surface area contributed by atoms with Crippen LogP contribution < -0.4 is 5.32 Å². The third-order valence-corrected chi connectivity index (χ3v) is 3.39. The Morgan fingerprint density at radius 2 is 2.06 bits per heavy atom. The Bertz CT molecular complexity index is 405. The Kier molecular flexibility index (Phi) is 3.84. The van der Waals surface area contributed by atoms with Crippen molar-refractivity contribution in [2.75, 3.05) is 26.2 Å². The highest BCUT2D eigenvalue weighted by atomic mass is 79.9. The van der Waals surface area contributed by atoms with Gasteiger partial charge >= 0.3 is 0 Å². The summed E-state index contributed by atoms with van der Waals surface area (Å²) in [6.45, 7) is 3.16. The van der Waals surface area contributed by atoms with Gasteiger partial charge in [0.2, 0.25) is 0 Å². The van der Waals surface area contributed by atoms with E-state index in [9.17, 15) is 4.79 Å². The standard InChI is InChI=1S/C11H12BrClN2O/c12-8-1-2-10(13)9(7-8)11(16)15-5-3-14-4-6-15/h1-2,7,14H,3-6H2. The molecule has 1 aliphatic heterocycles. The van der Waals surface area contributed by atoms with Gasteiger partial charge in [-0.15, -0.1) is 0 Å². The van der Waals surface area contributed by atoms with Crippen molar-refractivity contribution in [1.29, 1.82) is 0 Å². The van der Waals surface area contributed by atoms with E-state index >= 15 is 0 Å². The zero-order valence-corrected chi connectivity index (χ0v) is 11.0. The first-order valence-electron chi connectivity index (χ1n) is 5.13. The molecule has 0 aromatic heterocycles. The van der Waals surface area contributed by atoms with Gasteiger partial charge in [-0.05, 0) is 18.2 Å². The van der Waals surface area contributed by atoms with Gasteiger partial charge in [-0.1, -0.05) is 27.5 Å². The quantitative estimate of drug-likeness (QED) is 0.862. The van der Waals surface area contributed by atoms with Crippen molar-refractivity contribution in [2.45, 2.75) is 0 Å². The molecule has 1 fully saturated rings. The average molecular weight is 304 g/mol. The largest absolute Gasteiger partial charge is 0.336 e. The topological polar surface area (TPSA) is 32.3 Å². The third-order valence-electron chi connectivity index (χ3n) is 2.56. The Labute approximate surface area is 108 Å². The van der Waals surface area contributed by atoms with Crippen molar-refractivity contribution < 1.29 is 4.79 Å². The SMILES string of the molecule is O=C(c1cc(Br)ccc1Cl)N1CCNCC1. The predicted molar refractivity (Wildman–Crippen MR) is 67.9 cm³/mol. The zero-order chi connectivity index (χ0) is 11.5. The van der Waals surface area contributed by atoms with Gasteiger partial charge in [-0.3, -0.25) is 4.79 Å². The lowest BCUT2D eigenvalue weighted by Gasteiger charge is -2.27. The van der Waals surface area contributed by atoms with Crippen molar-refractivity contribution in [3.63, 3.8) is 0 Å². The number of nitrogens with one attached hydrogen (secondary N) is 1. The Morgan fingerprint density at radius 3 is 2.75 bits per heavy atom. The fourth-order valence-corrected chi connectivity index (χ4v) is 2.26. The van der Waals surface area contributed by atoms with Gasteiger partial charge in [0, 0.05) is 30.7 Å². The maximum Gasteiger partial charge on any atom is 0.255 e. The predicted octanol–water partition coefficient (Wildman–Crippen LogP) is 2.15. The van der Waals surface area contributed by atoms with E-state index in [1.165, 1.54) is 0 Å². The lowest BCUT2D eigenvalue weighted by atomic mass is 10.2. The second-order valence-electron chi connectivity index (χ2n) is 3.67. The summed E-state index contributed by atoms with van der Waals surface area (Å²) < 4.78 is 0.871. The molecule has 1 heterocycles. The molecule has 3 nitrogen and oxygen atoms in total. The second kappa shape index (κ2) is 5.17. The Hall–Kier alpha value is -0.580. The van der Waals surface area contributed by atoms with Gasteiger partial charge in [0.25, 0.3) is 5.91 Å². The van der Waals surface area contributed by atoms with E-state index in [0.717, 1.165) is 30.7 Å². The molecule has 0 unspecified atom stereocenters. The molecule has 1 aromatic carbocycles. The summed E-state index contributed by atoms with van der Waals surface area (Å²) >= 11 is 9.37. The van der Waals surface area contributed by atoms with Crippen LogP contribution in [0.3, 0.4) is 0 Å². The molecule has 1 saturated heterocycles. The van der Waals surface area contributed by atoms with Crippen LogP contribution in [0.15, 0.2) is 22.7 Å². The zero-order valence-electron chi connectivity index (χ0n) is 8.67. The molecule has 0 bridgehead atoms. The number of piperazine rings is 1. The molecule has 86 valence electrons. The summed E-state index contributed by atoms with van der Waals surface area (Å²) in [6.07, 6.45) is 0. The van der Waals surface area contributed by atoms with E-state index in [2.05, 4.69) is 21.2 Å². The minimum absolute atomic E-state index is 0.00722. The number of rotatable bonds is 1. The van der Waals surface area contributed by atoms with Gasteiger partial charge in [0.1, 0.15) is 0 Å². The minimum Gasteiger partial charge on any atom is -0.336 e. The number of benzene rings is 1. The second-order valence-corrected chi connectivity index (χ2v) is 4.99. The summed E-state index contributed by atoms with van der Waals surface area (Å²) in [5.41, 5.74) is 0.568. The van der Waals surface area contributed by atoms with Crippen molar-refractivity contribution in [2.24, 2.45) is 0 Å². The average Bonchev–Trinajstić information content (AvgIpc) is 2.32. The van der Waals surface area contributed by atoms with Crippen LogP contribution in [0.5, 0.6) is 0 Å². The first-order chi connectivity index (χ1) is 7.68. The molecule has 16 heavy (non-hydrogen) atoms. The molecule has 1 aliphatic rings. The number of hydrogen-bond acceptors (Lipinski definition) is 2. The summed E-state index contributed by atoms with van der Waals surface area (Å²) in [5.74, 6) is 0.00722. The van der Waals surface area contributed by atoms with Crippen LogP contribution in [0.25, 0.3) is 0 Å². The molecule has 0 saturated carbocycles. The number of hydrogen-bond donors (Lipinski definition) is 1. The smallest absolute Gasteiger partial charge is 0.255 e. The number of halogens is 2. The van der Waals surface area contributed by atoms with E-state index < -0.39 is 0 Å². The third kappa shape index (κ3) is 2.56. The Morgan fingerprint density at radius 1 is 1.38 bits per heavy atom. The normalized spacial score (nSPS) is 16.2. The molecule has 0 atom stereocenters. The highest BCUT2D eigenvalue weighted by Crippen LogP contribution is 2.22. The van der Waals surface area contributed by atoms with Gasteiger partial charge in [-0.25, -0.2) is 0 Å². The number of nitrogens with zero attached hydrogens (tertiary/aromatic N) is 1. The molecule has 5 heteroatoms. The van der Waals surface area contributed by atoms with Crippen LogP contribution >= 0.6 is 27.5 Å². The lowest BCUT2D eigenvalue weighted by molar-refractivity contribution is 0.0736. The maximum atomic E-state index is 12.2. The van der Waals surface area contributed by atoms with Crippen molar-refractivity contribution in [1.82, 2.24) is 10.2 Å². The first-order valence-corrected chi connectivity index (χ1v) is 6.30. The van der Waals surface area contributed by atoms with E-state index in [4.69, 9.17) is 11.6 Å². The maximum absolute atomic E-state index is 12.2. The summed E-state index contributed by atoms with van der Waals surface area (Å²) in [4.78, 5) is 14.0. The van der Waals surface area contributed by atoms with Gasteiger partial charge in [0.15, 0.2) is 0 Å². The van der Waals surface area contributed by atoms with Gasteiger partial charge in [-0.2, -0.15) is 0 Å². The highest BCUT2D eigenvalue weighted by molar-refractivity contribution is 9.10. The molecule has 2 rings (SSSR count). The molecule has 0 spiro atoms. The van der Waals surface area contributed by atoms with E-state index in [1.54, 1.807) is 12.1 Å². The fraction of sp³-hybridized carbons (Fsp3) is 0.364. The van der Waals surface area contributed by atoms with Crippen molar-refractivity contribution in [3.8, 4) is 0 Å². The summed E-state index contributed by atoms with van der Waals surface area (Å²) in [6, 6.07) is 5.34. The van der Waals surface area contributed by atoms with Crippen molar-refractivity contribution >= 4 is 33.4 Å². The summed E-state index contributed by atoms with van der Waals surface area (Å²) in [5, 5.41) is 3.72. The molecule has 1 amide bonds. The van der Waals surface area contributed by atoms with E-state index in [-0.39, 0.29) is 5.91 Å². The van der Waals surface area contributed by atoms with Crippen LogP contribution in [-0.2, 0) is 0 Å². The molecular formula is C11H12BrClN2O. The monoisotopic (exact) mass is 302 g/mol. The summed E-state index contributed by atoms with van der Waals surface area (Å²) in [7, 11) is 0. The van der Waals surface area contributed by atoms with E-state index in [0.29, 0.717) is 10.6 Å². The molecular weight excluding hydrogens is 291 g/mol. The minimum atomic E-state index is 0.00722. The van der Waals surface area contributed by atoms with Crippen LogP contribution in [0, 0.1) is 0 Å². The van der Waals surface area contributed by atoms with Gasteiger partial charge < -0.3 is 10.2 Å². The van der Waals surface area contributed by atoms with Gasteiger partial charge in [0.05, 0.1) is 10.6 Å². The fourth-order valence-electron chi connectivity index (χ4n) is 1.70. The number of amides is 1. The van der Waals surface area contributed by atoms with Crippen LogP contribution in [-0.4, -0.2) is 37.0 Å². The molecule has 1 N–H and O–H groups in total. The Balaban J connectivity index is 2.22.